The monoisotopic (exact) mass is 380 g/mol. The number of nitrogens with zero attached hydrogens (tertiary/aromatic N) is 2. The number of carbonyl (C=O) groups excluding carboxylic acids is 1. The zero-order valence-corrected chi connectivity index (χ0v) is 16.3. The topological polar surface area (TPSA) is 25.2 Å². The van der Waals surface area contributed by atoms with E-state index < -0.39 is 5.38 Å². The van der Waals surface area contributed by atoms with E-state index in [0.717, 1.165) is 24.2 Å². The lowest BCUT2D eigenvalue weighted by atomic mass is 10.1. The third-order valence-corrected chi connectivity index (χ3v) is 5.03. The molecule has 0 radical (unpaired) electrons. The van der Waals surface area contributed by atoms with E-state index in [4.69, 9.17) is 11.6 Å². The summed E-state index contributed by atoms with van der Waals surface area (Å²) >= 11 is 6.50. The van der Waals surface area contributed by atoms with Gasteiger partial charge in [0, 0.05) is 25.0 Å². The molecule has 0 saturated heterocycles. The first kappa shape index (κ1) is 19.2. The van der Waals surface area contributed by atoms with E-state index in [9.17, 15) is 4.79 Å². The molecule has 0 aliphatic carbocycles. The van der Waals surface area contributed by atoms with Crippen molar-refractivity contribution in [3.05, 3.63) is 95.8 Å². The van der Waals surface area contributed by atoms with Gasteiger partial charge in [-0.3, -0.25) is 4.79 Å². The van der Waals surface area contributed by atoms with Crippen molar-refractivity contribution in [1.29, 1.82) is 0 Å². The van der Waals surface area contributed by atoms with Crippen molar-refractivity contribution in [3.8, 4) is 0 Å². The first-order valence-corrected chi connectivity index (χ1v) is 9.78. The van der Waals surface area contributed by atoms with E-state index in [2.05, 4.69) is 35.9 Å². The Morgan fingerprint density at radius 1 is 1.00 bits per heavy atom. The van der Waals surface area contributed by atoms with Crippen LogP contribution in [0.25, 0.3) is 0 Å². The van der Waals surface area contributed by atoms with E-state index in [1.54, 1.807) is 0 Å². The SMILES string of the molecule is CCCN(Cc1cccn1Cc1ccccc1)C(=O)[C@H](Cl)c1ccccc1. The second-order valence-corrected chi connectivity index (χ2v) is 7.08. The fraction of sp³-hybridized carbons (Fsp3) is 0.261. The van der Waals surface area contributed by atoms with Gasteiger partial charge in [0.2, 0.25) is 5.91 Å². The van der Waals surface area contributed by atoms with Gasteiger partial charge in [0.05, 0.1) is 6.54 Å². The molecule has 0 bridgehead atoms. The van der Waals surface area contributed by atoms with Gasteiger partial charge in [-0.25, -0.2) is 0 Å². The number of alkyl halides is 1. The summed E-state index contributed by atoms with van der Waals surface area (Å²) in [5, 5.41) is -0.657. The van der Waals surface area contributed by atoms with Crippen molar-refractivity contribution in [2.45, 2.75) is 31.8 Å². The van der Waals surface area contributed by atoms with Crippen molar-refractivity contribution >= 4 is 17.5 Å². The van der Waals surface area contributed by atoms with Crippen LogP contribution in [0.5, 0.6) is 0 Å². The molecule has 1 amide bonds. The number of benzene rings is 2. The Labute approximate surface area is 166 Å². The van der Waals surface area contributed by atoms with E-state index in [-0.39, 0.29) is 5.91 Å². The molecule has 0 saturated carbocycles. The third kappa shape index (κ3) is 5.01. The second-order valence-electron chi connectivity index (χ2n) is 6.65. The van der Waals surface area contributed by atoms with Crippen LogP contribution < -0.4 is 0 Å². The molecule has 3 nitrogen and oxygen atoms in total. The van der Waals surface area contributed by atoms with Crippen LogP contribution >= 0.6 is 11.6 Å². The number of carbonyl (C=O) groups is 1. The van der Waals surface area contributed by atoms with Gasteiger partial charge >= 0.3 is 0 Å². The minimum atomic E-state index is -0.657. The number of hydrogen-bond donors (Lipinski definition) is 0. The molecule has 0 fully saturated rings. The zero-order valence-electron chi connectivity index (χ0n) is 15.6. The molecule has 2 aromatic carbocycles. The average Bonchev–Trinajstić information content (AvgIpc) is 3.14. The summed E-state index contributed by atoms with van der Waals surface area (Å²) in [5.41, 5.74) is 3.19. The maximum absolute atomic E-state index is 13.0. The van der Waals surface area contributed by atoms with E-state index in [0.29, 0.717) is 13.1 Å². The molecule has 3 aromatic rings. The highest BCUT2D eigenvalue weighted by Crippen LogP contribution is 2.24. The Morgan fingerprint density at radius 2 is 1.67 bits per heavy atom. The van der Waals surface area contributed by atoms with E-state index in [1.165, 1.54) is 5.56 Å². The molecule has 0 spiro atoms. The smallest absolute Gasteiger partial charge is 0.245 e. The lowest BCUT2D eigenvalue weighted by Crippen LogP contribution is -2.34. The van der Waals surface area contributed by atoms with Gasteiger partial charge in [0.25, 0.3) is 0 Å². The number of halogens is 1. The summed E-state index contributed by atoms with van der Waals surface area (Å²) < 4.78 is 2.19. The first-order valence-electron chi connectivity index (χ1n) is 9.34. The molecule has 1 atom stereocenters. The highest BCUT2D eigenvalue weighted by molar-refractivity contribution is 6.30. The van der Waals surface area contributed by atoms with Crippen molar-refractivity contribution in [2.75, 3.05) is 6.54 Å². The van der Waals surface area contributed by atoms with Crippen molar-refractivity contribution < 1.29 is 4.79 Å². The molecule has 140 valence electrons. The van der Waals surface area contributed by atoms with Crippen molar-refractivity contribution in [1.82, 2.24) is 9.47 Å². The van der Waals surface area contributed by atoms with Crippen LogP contribution in [0.3, 0.4) is 0 Å². The highest BCUT2D eigenvalue weighted by Gasteiger charge is 2.24. The molecule has 0 N–H and O–H groups in total. The fourth-order valence-electron chi connectivity index (χ4n) is 3.18. The number of hydrogen-bond acceptors (Lipinski definition) is 1. The molecule has 0 aliphatic rings. The average molecular weight is 381 g/mol. The largest absolute Gasteiger partial charge is 0.345 e. The zero-order chi connectivity index (χ0) is 19.1. The summed E-state index contributed by atoms with van der Waals surface area (Å²) in [6.07, 6.45) is 2.95. The van der Waals surface area contributed by atoms with Gasteiger partial charge < -0.3 is 9.47 Å². The number of amides is 1. The predicted octanol–water partition coefficient (Wildman–Crippen LogP) is 5.26. The summed E-state index contributed by atoms with van der Waals surface area (Å²) in [4.78, 5) is 14.9. The van der Waals surface area contributed by atoms with Crippen LogP contribution in [0.2, 0.25) is 0 Å². The van der Waals surface area contributed by atoms with Gasteiger partial charge in [-0.15, -0.1) is 11.6 Å². The summed E-state index contributed by atoms with van der Waals surface area (Å²) in [6.45, 7) is 4.11. The van der Waals surface area contributed by atoms with Gasteiger partial charge in [0.15, 0.2) is 0 Å². The Bertz CT molecular complexity index is 845. The Balaban J connectivity index is 1.75. The predicted molar refractivity (Wildman–Crippen MR) is 111 cm³/mol. The van der Waals surface area contributed by atoms with Gasteiger partial charge in [-0.1, -0.05) is 67.6 Å². The van der Waals surface area contributed by atoms with Crippen LogP contribution in [0.15, 0.2) is 79.0 Å². The number of aromatic nitrogens is 1. The lowest BCUT2D eigenvalue weighted by Gasteiger charge is -2.25. The minimum absolute atomic E-state index is 0.0443. The first-order chi connectivity index (χ1) is 13.2. The van der Waals surface area contributed by atoms with Crippen LogP contribution in [0, 0.1) is 0 Å². The molecule has 27 heavy (non-hydrogen) atoms. The molecule has 0 unspecified atom stereocenters. The van der Waals surface area contributed by atoms with Crippen molar-refractivity contribution in [3.63, 3.8) is 0 Å². The molecule has 4 heteroatoms. The summed E-state index contributed by atoms with van der Waals surface area (Å²) in [6, 6.07) is 24.0. The summed E-state index contributed by atoms with van der Waals surface area (Å²) in [5.74, 6) is -0.0443. The summed E-state index contributed by atoms with van der Waals surface area (Å²) in [7, 11) is 0. The fourth-order valence-corrected chi connectivity index (χ4v) is 3.47. The van der Waals surface area contributed by atoms with E-state index >= 15 is 0 Å². The molecule has 1 heterocycles. The Morgan fingerprint density at radius 3 is 2.33 bits per heavy atom. The van der Waals surface area contributed by atoms with Crippen molar-refractivity contribution in [2.24, 2.45) is 0 Å². The number of rotatable bonds is 8. The maximum atomic E-state index is 13.0. The molecule has 1 aromatic heterocycles. The normalized spacial score (nSPS) is 11.9. The van der Waals surface area contributed by atoms with Gasteiger partial charge in [-0.2, -0.15) is 0 Å². The second kappa shape index (κ2) is 9.43. The van der Waals surface area contributed by atoms with Crippen LogP contribution in [-0.2, 0) is 17.9 Å². The van der Waals surface area contributed by atoms with Crippen LogP contribution in [0.4, 0.5) is 0 Å². The molecular formula is C23H25ClN2O. The standard InChI is InChI=1S/C23H25ClN2O/c1-2-15-26(23(27)22(24)20-12-7-4-8-13-20)18-21-14-9-16-25(21)17-19-10-5-3-6-11-19/h3-14,16,22H,2,15,17-18H2,1H3/t22-/m1/s1. The quantitative estimate of drug-likeness (QED) is 0.489. The molecule has 3 rings (SSSR count). The highest BCUT2D eigenvalue weighted by atomic mass is 35.5. The van der Waals surface area contributed by atoms with E-state index in [1.807, 2.05) is 59.5 Å². The molecular weight excluding hydrogens is 356 g/mol. The van der Waals surface area contributed by atoms with Crippen LogP contribution in [0.1, 0.15) is 35.5 Å². The van der Waals surface area contributed by atoms with Gasteiger partial charge in [-0.05, 0) is 29.7 Å². The molecule has 0 aliphatic heterocycles. The maximum Gasteiger partial charge on any atom is 0.245 e. The minimum Gasteiger partial charge on any atom is -0.345 e. The van der Waals surface area contributed by atoms with Crippen LogP contribution in [-0.4, -0.2) is 21.9 Å². The lowest BCUT2D eigenvalue weighted by molar-refractivity contribution is -0.131. The Hall–Kier alpha value is -2.52. The van der Waals surface area contributed by atoms with Gasteiger partial charge in [0.1, 0.15) is 5.38 Å². The Kier molecular flexibility index (Phi) is 6.72. The third-order valence-electron chi connectivity index (χ3n) is 4.59.